The highest BCUT2D eigenvalue weighted by Crippen LogP contribution is 2.11. The van der Waals surface area contributed by atoms with Crippen molar-refractivity contribution < 1.29 is 9.53 Å². The highest BCUT2D eigenvalue weighted by atomic mass is 16.5. The van der Waals surface area contributed by atoms with E-state index in [9.17, 15) is 4.79 Å². The Morgan fingerprint density at radius 3 is 2.58 bits per heavy atom. The molecule has 0 saturated carbocycles. The Hall–Kier alpha value is -0.830. The third kappa shape index (κ3) is 2.66. The van der Waals surface area contributed by atoms with E-state index in [1.165, 1.54) is 0 Å². The Labute approximate surface area is 73.0 Å². The van der Waals surface area contributed by atoms with Crippen molar-refractivity contribution in [3.05, 3.63) is 12.2 Å². The first kappa shape index (κ1) is 9.26. The Balaban J connectivity index is 2.32. The lowest BCUT2D eigenvalue weighted by atomic mass is 10.1. The molecule has 3 heteroatoms. The van der Waals surface area contributed by atoms with E-state index in [1.54, 1.807) is 0 Å². The summed E-state index contributed by atoms with van der Waals surface area (Å²) in [5, 5.41) is 0. The first-order valence-corrected chi connectivity index (χ1v) is 4.13. The highest BCUT2D eigenvalue weighted by Gasteiger charge is 2.22. The summed E-state index contributed by atoms with van der Waals surface area (Å²) in [6, 6.07) is 0. The quantitative estimate of drug-likeness (QED) is 0.460. The zero-order valence-corrected chi connectivity index (χ0v) is 7.62. The number of hydrogen-bond acceptors (Lipinski definition) is 3. The Kier molecular flexibility index (Phi) is 2.87. The van der Waals surface area contributed by atoms with E-state index in [0.717, 1.165) is 19.6 Å². The van der Waals surface area contributed by atoms with Gasteiger partial charge in [0.25, 0.3) is 6.47 Å². The van der Waals surface area contributed by atoms with E-state index in [-0.39, 0.29) is 5.60 Å². The number of ether oxygens (including phenoxy) is 1. The molecule has 0 aromatic rings. The molecule has 12 heavy (non-hydrogen) atoms. The number of carbonyl (C=O) groups is 1. The van der Waals surface area contributed by atoms with E-state index >= 15 is 0 Å². The smallest absolute Gasteiger partial charge is 0.293 e. The van der Waals surface area contributed by atoms with Crippen molar-refractivity contribution in [1.29, 1.82) is 0 Å². The fourth-order valence-electron chi connectivity index (χ4n) is 1.36. The van der Waals surface area contributed by atoms with Crippen LogP contribution < -0.4 is 0 Å². The third-order valence-electron chi connectivity index (χ3n) is 1.87. The van der Waals surface area contributed by atoms with Gasteiger partial charge in [0.2, 0.25) is 0 Å². The van der Waals surface area contributed by atoms with E-state index in [1.807, 2.05) is 13.8 Å². The van der Waals surface area contributed by atoms with Gasteiger partial charge in [-0.1, -0.05) is 12.2 Å². The summed E-state index contributed by atoms with van der Waals surface area (Å²) >= 11 is 0. The molecule has 1 rings (SSSR count). The van der Waals surface area contributed by atoms with Gasteiger partial charge in [0.05, 0.1) is 0 Å². The molecule has 0 atom stereocenters. The minimum Gasteiger partial charge on any atom is -0.461 e. The molecule has 0 aromatic carbocycles. The van der Waals surface area contributed by atoms with E-state index in [2.05, 4.69) is 17.1 Å². The molecular formula is C9H15NO2. The summed E-state index contributed by atoms with van der Waals surface area (Å²) in [5.41, 5.74) is -0.367. The average molecular weight is 169 g/mol. The van der Waals surface area contributed by atoms with Gasteiger partial charge in [0.1, 0.15) is 5.60 Å². The van der Waals surface area contributed by atoms with Crippen molar-refractivity contribution in [3.63, 3.8) is 0 Å². The molecule has 0 N–H and O–H groups in total. The molecule has 0 bridgehead atoms. The molecule has 0 unspecified atom stereocenters. The molecule has 0 aliphatic carbocycles. The van der Waals surface area contributed by atoms with Crippen LogP contribution in [0, 0.1) is 0 Å². The molecule has 0 fully saturated rings. The summed E-state index contributed by atoms with van der Waals surface area (Å²) in [5.74, 6) is 0. The first-order valence-electron chi connectivity index (χ1n) is 4.13. The van der Waals surface area contributed by atoms with E-state index < -0.39 is 0 Å². The van der Waals surface area contributed by atoms with Gasteiger partial charge in [0, 0.05) is 19.6 Å². The molecular weight excluding hydrogens is 154 g/mol. The van der Waals surface area contributed by atoms with Gasteiger partial charge in [-0.05, 0) is 13.8 Å². The average Bonchev–Trinajstić information content (AvgIpc) is 2.38. The zero-order chi connectivity index (χ0) is 9.03. The highest BCUT2D eigenvalue weighted by molar-refractivity contribution is 5.38. The molecule has 1 heterocycles. The number of hydrogen-bond donors (Lipinski definition) is 0. The first-order chi connectivity index (χ1) is 5.64. The van der Waals surface area contributed by atoms with Crippen molar-refractivity contribution in [1.82, 2.24) is 4.90 Å². The second-order valence-electron chi connectivity index (χ2n) is 3.64. The second-order valence-corrected chi connectivity index (χ2v) is 3.64. The monoisotopic (exact) mass is 169 g/mol. The van der Waals surface area contributed by atoms with Crippen molar-refractivity contribution in [2.75, 3.05) is 19.6 Å². The number of nitrogens with zero attached hydrogens (tertiary/aromatic N) is 1. The molecule has 3 nitrogen and oxygen atoms in total. The minimum atomic E-state index is -0.367. The topological polar surface area (TPSA) is 29.5 Å². The predicted octanol–water partition coefficient (Wildman–Crippen LogP) is 0.810. The maximum atomic E-state index is 10.1. The maximum absolute atomic E-state index is 10.1. The predicted molar refractivity (Wildman–Crippen MR) is 46.8 cm³/mol. The minimum absolute atomic E-state index is 0.367. The van der Waals surface area contributed by atoms with Crippen LogP contribution in [-0.4, -0.2) is 36.6 Å². The molecule has 1 aliphatic rings. The lowest BCUT2D eigenvalue weighted by molar-refractivity contribution is -0.141. The summed E-state index contributed by atoms with van der Waals surface area (Å²) in [6.07, 6.45) is 4.24. The van der Waals surface area contributed by atoms with Crippen LogP contribution in [0.25, 0.3) is 0 Å². The van der Waals surface area contributed by atoms with Crippen molar-refractivity contribution >= 4 is 6.47 Å². The van der Waals surface area contributed by atoms with Crippen LogP contribution in [0.2, 0.25) is 0 Å². The van der Waals surface area contributed by atoms with Gasteiger partial charge in [-0.15, -0.1) is 0 Å². The van der Waals surface area contributed by atoms with E-state index in [0.29, 0.717) is 6.47 Å². The number of carbonyl (C=O) groups excluding carboxylic acids is 1. The van der Waals surface area contributed by atoms with Gasteiger partial charge in [-0.2, -0.15) is 0 Å². The van der Waals surface area contributed by atoms with Crippen LogP contribution in [0.3, 0.4) is 0 Å². The van der Waals surface area contributed by atoms with Gasteiger partial charge in [-0.25, -0.2) is 0 Å². The zero-order valence-electron chi connectivity index (χ0n) is 7.62. The summed E-state index contributed by atoms with van der Waals surface area (Å²) in [6.45, 7) is 7.07. The Morgan fingerprint density at radius 1 is 1.50 bits per heavy atom. The number of rotatable bonds is 4. The molecule has 1 aliphatic heterocycles. The Bertz CT molecular complexity index is 179. The van der Waals surface area contributed by atoms with Crippen LogP contribution in [0.4, 0.5) is 0 Å². The molecule has 0 saturated heterocycles. The third-order valence-corrected chi connectivity index (χ3v) is 1.87. The van der Waals surface area contributed by atoms with Crippen LogP contribution in [0.15, 0.2) is 12.2 Å². The summed E-state index contributed by atoms with van der Waals surface area (Å²) in [7, 11) is 0. The molecule has 0 radical (unpaired) electrons. The maximum Gasteiger partial charge on any atom is 0.293 e. The fraction of sp³-hybridized carbons (Fsp3) is 0.667. The van der Waals surface area contributed by atoms with Crippen molar-refractivity contribution in [2.45, 2.75) is 19.4 Å². The standard InChI is InChI=1S/C9H15NO2/c1-9(2,12-8-11)7-10-5-3-4-6-10/h3-4,8H,5-7H2,1-2H3. The fourth-order valence-corrected chi connectivity index (χ4v) is 1.36. The summed E-state index contributed by atoms with van der Waals surface area (Å²) < 4.78 is 4.94. The molecule has 0 aromatic heterocycles. The molecule has 0 amide bonds. The van der Waals surface area contributed by atoms with Gasteiger partial charge >= 0.3 is 0 Å². The van der Waals surface area contributed by atoms with E-state index in [4.69, 9.17) is 4.74 Å². The lowest BCUT2D eigenvalue weighted by Gasteiger charge is -2.28. The largest absolute Gasteiger partial charge is 0.461 e. The van der Waals surface area contributed by atoms with Crippen LogP contribution in [-0.2, 0) is 9.53 Å². The second kappa shape index (κ2) is 3.72. The van der Waals surface area contributed by atoms with Gasteiger partial charge in [-0.3, -0.25) is 9.69 Å². The van der Waals surface area contributed by atoms with Crippen molar-refractivity contribution in [3.8, 4) is 0 Å². The lowest BCUT2D eigenvalue weighted by Crippen LogP contribution is -2.39. The Morgan fingerprint density at radius 2 is 2.08 bits per heavy atom. The van der Waals surface area contributed by atoms with Gasteiger partial charge < -0.3 is 4.74 Å². The summed E-state index contributed by atoms with van der Waals surface area (Å²) in [4.78, 5) is 12.4. The SMILES string of the molecule is CC(C)(CN1CC=CC1)OC=O. The van der Waals surface area contributed by atoms with Gasteiger partial charge in [0.15, 0.2) is 0 Å². The van der Waals surface area contributed by atoms with Crippen LogP contribution >= 0.6 is 0 Å². The normalized spacial score (nSPS) is 18.2. The van der Waals surface area contributed by atoms with Crippen LogP contribution in [0.1, 0.15) is 13.8 Å². The molecule has 0 spiro atoms. The van der Waals surface area contributed by atoms with Crippen molar-refractivity contribution in [2.24, 2.45) is 0 Å². The van der Waals surface area contributed by atoms with Crippen LogP contribution in [0.5, 0.6) is 0 Å². The molecule has 68 valence electrons.